The zero-order valence-corrected chi connectivity index (χ0v) is 15.0. The highest BCUT2D eigenvalue weighted by Crippen LogP contribution is 2.30. The minimum atomic E-state index is -4.57. The van der Waals surface area contributed by atoms with Crippen molar-refractivity contribution in [3.8, 4) is 5.13 Å². The lowest BCUT2D eigenvalue weighted by Gasteiger charge is -2.11. The summed E-state index contributed by atoms with van der Waals surface area (Å²) in [5, 5.41) is 13.4. The average molecular weight is 395 g/mol. The summed E-state index contributed by atoms with van der Waals surface area (Å²) >= 11 is 0.961. The summed E-state index contributed by atoms with van der Waals surface area (Å²) in [6.07, 6.45) is -4.91. The van der Waals surface area contributed by atoms with Gasteiger partial charge in [0, 0.05) is 18.8 Å². The Balaban J connectivity index is 1.85. The molecule has 0 fully saturated rings. The first-order valence-electron chi connectivity index (χ1n) is 7.98. The topological polar surface area (TPSA) is 67.2 Å². The van der Waals surface area contributed by atoms with E-state index in [-0.39, 0.29) is 5.13 Å². The molecule has 0 aliphatic carbocycles. The summed E-state index contributed by atoms with van der Waals surface area (Å²) in [6.45, 7) is 2.03. The molecule has 0 radical (unpaired) electrons. The molecule has 27 heavy (non-hydrogen) atoms. The molecule has 142 valence electrons. The number of rotatable bonds is 5. The summed E-state index contributed by atoms with van der Waals surface area (Å²) in [6, 6.07) is 11.0. The molecule has 1 atom stereocenters. The Bertz CT molecular complexity index is 984. The van der Waals surface area contributed by atoms with E-state index >= 15 is 0 Å². The fraction of sp³-hybridized carbons (Fsp3) is 0.222. The molecule has 0 saturated heterocycles. The lowest BCUT2D eigenvalue weighted by Crippen LogP contribution is -2.20. The number of pyridine rings is 1. The zero-order chi connectivity index (χ0) is 19.6. The van der Waals surface area contributed by atoms with Crippen LogP contribution in [0.25, 0.3) is 5.13 Å². The quantitative estimate of drug-likeness (QED) is 0.650. The van der Waals surface area contributed by atoms with Crippen LogP contribution in [-0.2, 0) is 12.7 Å². The molecular weight excluding hydrogens is 379 g/mol. The first-order valence-corrected chi connectivity index (χ1v) is 8.80. The lowest BCUT2D eigenvalue weighted by atomic mass is 10.2. The highest BCUT2D eigenvalue weighted by atomic mass is 32.1. The first-order chi connectivity index (χ1) is 12.8. The zero-order valence-electron chi connectivity index (χ0n) is 14.2. The van der Waals surface area contributed by atoms with Gasteiger partial charge >= 0.3 is 6.18 Å². The van der Waals surface area contributed by atoms with Gasteiger partial charge < -0.3 is 5.11 Å². The van der Waals surface area contributed by atoms with Crippen molar-refractivity contribution in [1.29, 1.82) is 0 Å². The number of nitrogens with one attached hydrogen (secondary N) is 1. The van der Waals surface area contributed by atoms with Crippen molar-refractivity contribution in [3.05, 3.63) is 80.7 Å². The monoisotopic (exact) mass is 395 g/mol. The van der Waals surface area contributed by atoms with E-state index in [2.05, 4.69) is 10.3 Å². The van der Waals surface area contributed by atoms with Gasteiger partial charge in [-0.25, -0.2) is 4.98 Å². The number of aliphatic hydroxyl groups excluding tert-OH is 1. The molecule has 2 aromatic heterocycles. The molecule has 0 aliphatic heterocycles. The third kappa shape index (κ3) is 4.44. The van der Waals surface area contributed by atoms with Crippen LogP contribution in [0.4, 0.5) is 13.2 Å². The van der Waals surface area contributed by atoms with Crippen molar-refractivity contribution in [2.45, 2.75) is 25.9 Å². The molecule has 9 heteroatoms. The molecular formula is C18H16F3N3O2S. The smallest absolute Gasteiger partial charge is 0.373 e. The Morgan fingerprint density at radius 1 is 1.22 bits per heavy atom. The van der Waals surface area contributed by atoms with Crippen LogP contribution < -0.4 is 10.9 Å². The van der Waals surface area contributed by atoms with Crippen molar-refractivity contribution >= 4 is 11.3 Å². The third-order valence-corrected chi connectivity index (χ3v) is 5.07. The maximum atomic E-state index is 12.9. The van der Waals surface area contributed by atoms with Gasteiger partial charge in [-0.15, -0.1) is 0 Å². The maximum absolute atomic E-state index is 12.9. The number of benzene rings is 1. The number of aromatic nitrogens is 2. The van der Waals surface area contributed by atoms with E-state index in [1.165, 1.54) is 0 Å². The second kappa shape index (κ2) is 7.63. The Morgan fingerprint density at radius 3 is 2.59 bits per heavy atom. The molecule has 0 saturated carbocycles. The van der Waals surface area contributed by atoms with Crippen molar-refractivity contribution in [1.82, 2.24) is 14.9 Å². The number of hydrogen-bond donors (Lipinski definition) is 2. The molecule has 5 nitrogen and oxygen atoms in total. The summed E-state index contributed by atoms with van der Waals surface area (Å²) in [5.74, 6) is 0. The molecule has 1 aromatic carbocycles. The number of hydrogen-bond acceptors (Lipinski definition) is 5. The van der Waals surface area contributed by atoms with E-state index in [0.29, 0.717) is 23.3 Å². The van der Waals surface area contributed by atoms with E-state index in [4.69, 9.17) is 0 Å². The number of thiazole rings is 1. The van der Waals surface area contributed by atoms with E-state index in [9.17, 15) is 23.1 Å². The number of nitrogens with zero attached hydrogens (tertiary/aromatic N) is 2. The van der Waals surface area contributed by atoms with E-state index in [1.54, 1.807) is 6.92 Å². The summed E-state index contributed by atoms with van der Waals surface area (Å²) in [4.78, 5) is 16.6. The van der Waals surface area contributed by atoms with E-state index in [0.717, 1.165) is 33.6 Å². The summed E-state index contributed by atoms with van der Waals surface area (Å²) in [7, 11) is 0. The van der Waals surface area contributed by atoms with Gasteiger partial charge in [0.2, 0.25) is 0 Å². The summed E-state index contributed by atoms with van der Waals surface area (Å²) < 4.78 is 39.6. The van der Waals surface area contributed by atoms with E-state index in [1.807, 2.05) is 30.3 Å². The standard InChI is InChI=1S/C18H16F3N3O2S/c1-11-15(16(26)22-9-12-5-3-2-4-6-12)27-17(23-11)24-10-13(18(19,20)21)7-8-14(24)25/h2-8,10,16,22,26H,9H2,1H3. The van der Waals surface area contributed by atoms with Gasteiger partial charge in [-0.1, -0.05) is 41.7 Å². The van der Waals surface area contributed by atoms with Crippen LogP contribution in [0.15, 0.2) is 53.5 Å². The van der Waals surface area contributed by atoms with Crippen LogP contribution >= 0.6 is 11.3 Å². The molecule has 2 N–H and O–H groups in total. The number of aliphatic hydroxyl groups is 1. The van der Waals surface area contributed by atoms with Crippen LogP contribution in [0, 0.1) is 6.92 Å². The van der Waals surface area contributed by atoms with Gasteiger partial charge in [0.25, 0.3) is 5.56 Å². The Kier molecular flexibility index (Phi) is 5.45. The normalized spacial score (nSPS) is 12.9. The molecule has 2 heterocycles. The van der Waals surface area contributed by atoms with E-state index < -0.39 is 23.5 Å². The van der Waals surface area contributed by atoms with Crippen molar-refractivity contribution in [2.24, 2.45) is 0 Å². The molecule has 0 aliphatic rings. The molecule has 0 spiro atoms. The van der Waals surface area contributed by atoms with Crippen LogP contribution in [0.3, 0.4) is 0 Å². The van der Waals surface area contributed by atoms with Crippen molar-refractivity contribution in [3.63, 3.8) is 0 Å². The average Bonchev–Trinajstić information content (AvgIpc) is 3.01. The SMILES string of the molecule is Cc1nc(-n2cc(C(F)(F)F)ccc2=O)sc1C(O)NCc1ccccc1. The Hall–Kier alpha value is -2.49. The minimum Gasteiger partial charge on any atom is -0.373 e. The lowest BCUT2D eigenvalue weighted by molar-refractivity contribution is -0.138. The molecule has 0 amide bonds. The highest BCUT2D eigenvalue weighted by Gasteiger charge is 2.31. The first kappa shape index (κ1) is 19.3. The molecule has 3 rings (SSSR count). The minimum absolute atomic E-state index is 0.0687. The predicted octanol–water partition coefficient (Wildman–Crippen LogP) is 3.40. The fourth-order valence-corrected chi connectivity index (χ4v) is 3.47. The molecule has 1 unspecified atom stereocenters. The second-order valence-electron chi connectivity index (χ2n) is 5.84. The van der Waals surface area contributed by atoms with Crippen molar-refractivity contribution in [2.75, 3.05) is 0 Å². The molecule has 3 aromatic rings. The van der Waals surface area contributed by atoms with Gasteiger partial charge in [0.05, 0.1) is 16.1 Å². The number of aryl methyl sites for hydroxylation is 1. The third-order valence-electron chi connectivity index (χ3n) is 3.86. The van der Waals surface area contributed by atoms with Crippen LogP contribution in [-0.4, -0.2) is 14.7 Å². The number of alkyl halides is 3. The van der Waals surface area contributed by atoms with Gasteiger partial charge in [-0.05, 0) is 18.6 Å². The van der Waals surface area contributed by atoms with Gasteiger partial charge in [-0.2, -0.15) is 13.2 Å². The van der Waals surface area contributed by atoms with Crippen LogP contribution in [0.2, 0.25) is 0 Å². The summed E-state index contributed by atoms with van der Waals surface area (Å²) in [5.41, 5.74) is -0.172. The Morgan fingerprint density at radius 2 is 1.93 bits per heavy atom. The highest BCUT2D eigenvalue weighted by molar-refractivity contribution is 7.14. The largest absolute Gasteiger partial charge is 0.417 e. The van der Waals surface area contributed by atoms with Crippen LogP contribution in [0.1, 0.15) is 27.9 Å². The van der Waals surface area contributed by atoms with Gasteiger partial charge in [-0.3, -0.25) is 14.7 Å². The maximum Gasteiger partial charge on any atom is 0.417 e. The van der Waals surface area contributed by atoms with Crippen LogP contribution in [0.5, 0.6) is 0 Å². The number of halogens is 3. The van der Waals surface area contributed by atoms with Crippen molar-refractivity contribution < 1.29 is 18.3 Å². The second-order valence-corrected chi connectivity index (χ2v) is 6.85. The Labute approximate surface area is 156 Å². The fourth-order valence-electron chi connectivity index (χ4n) is 2.46. The van der Waals surface area contributed by atoms with Gasteiger partial charge in [0.15, 0.2) is 5.13 Å². The predicted molar refractivity (Wildman–Crippen MR) is 95.7 cm³/mol. The molecule has 0 bridgehead atoms. The van der Waals surface area contributed by atoms with Gasteiger partial charge in [0.1, 0.15) is 6.23 Å².